The van der Waals surface area contributed by atoms with Crippen LogP contribution in [-0.2, 0) is 17.6 Å². The van der Waals surface area contributed by atoms with Gasteiger partial charge in [-0.25, -0.2) is 0 Å². The molecule has 0 atom stereocenters. The summed E-state index contributed by atoms with van der Waals surface area (Å²) in [6.45, 7) is 10.1. The molecule has 132 valence electrons. The average Bonchev–Trinajstić information content (AvgIpc) is 2.51. The first kappa shape index (κ1) is 22.2. The van der Waals surface area contributed by atoms with E-state index in [0.717, 1.165) is 31.6 Å². The van der Waals surface area contributed by atoms with Crippen LogP contribution in [0.1, 0.15) is 45.2 Å². The average molecular weight is 433 g/mol. The van der Waals surface area contributed by atoms with Crippen LogP contribution >= 0.6 is 24.0 Å². The molecule has 3 N–H and O–H groups in total. The van der Waals surface area contributed by atoms with Crippen molar-refractivity contribution in [2.75, 3.05) is 25.6 Å². The second-order valence-corrected chi connectivity index (χ2v) is 6.39. The highest BCUT2D eigenvalue weighted by molar-refractivity contribution is 14.0. The quantitative estimate of drug-likeness (QED) is 0.367. The lowest BCUT2D eigenvalue weighted by Crippen LogP contribution is -2.27. The zero-order valence-corrected chi connectivity index (χ0v) is 17.4. The van der Waals surface area contributed by atoms with Gasteiger partial charge in [-0.1, -0.05) is 45.9 Å². The number of rotatable bonds is 8. The summed E-state index contributed by atoms with van der Waals surface area (Å²) in [5, 5.41) is 3.31. The second kappa shape index (κ2) is 10.9. The molecule has 5 heteroatoms. The topological polar surface area (TPSA) is 59.6 Å². The largest absolute Gasteiger partial charge is 0.385 e. The maximum atomic E-state index is 6.10. The minimum atomic E-state index is 0. The molecule has 0 saturated carbocycles. The normalized spacial score (nSPS) is 12.0. The Morgan fingerprint density at radius 2 is 1.78 bits per heavy atom. The third kappa shape index (κ3) is 7.52. The monoisotopic (exact) mass is 433 g/mol. The summed E-state index contributed by atoms with van der Waals surface area (Å²) >= 11 is 0. The Morgan fingerprint density at radius 1 is 1.22 bits per heavy atom. The number of nitrogens with zero attached hydrogens (tertiary/aromatic N) is 1. The van der Waals surface area contributed by atoms with Crippen molar-refractivity contribution < 1.29 is 4.74 Å². The minimum Gasteiger partial charge on any atom is -0.385 e. The number of guanidine groups is 1. The van der Waals surface area contributed by atoms with E-state index in [-0.39, 0.29) is 29.4 Å². The van der Waals surface area contributed by atoms with E-state index in [0.29, 0.717) is 12.5 Å². The lowest BCUT2D eigenvalue weighted by molar-refractivity contribution is 0.155. The standard InChI is InChI=1S/C18H31N3O.HI/c1-6-14-9-8-10-15(7-2)16(14)21-17(19)20-13-18(3,4)11-12-22-5;/h8-10H,6-7,11-13H2,1-5H3,(H3,19,20,21);1H. The fraction of sp³-hybridized carbons (Fsp3) is 0.611. The number of benzene rings is 1. The number of nitrogens with two attached hydrogens (primary N) is 1. The first-order valence-electron chi connectivity index (χ1n) is 8.10. The van der Waals surface area contributed by atoms with Gasteiger partial charge in [-0.3, -0.25) is 4.99 Å². The summed E-state index contributed by atoms with van der Waals surface area (Å²) in [5.41, 5.74) is 9.84. The van der Waals surface area contributed by atoms with Gasteiger partial charge in [-0.15, -0.1) is 24.0 Å². The molecule has 0 heterocycles. The predicted molar refractivity (Wildman–Crippen MR) is 111 cm³/mol. The fourth-order valence-electron chi connectivity index (χ4n) is 2.33. The second-order valence-electron chi connectivity index (χ2n) is 6.39. The molecule has 1 aromatic rings. The molecule has 0 aliphatic rings. The van der Waals surface area contributed by atoms with E-state index >= 15 is 0 Å². The van der Waals surface area contributed by atoms with Crippen molar-refractivity contribution in [3.63, 3.8) is 0 Å². The Labute approximate surface area is 158 Å². The first-order chi connectivity index (χ1) is 10.4. The molecule has 23 heavy (non-hydrogen) atoms. The van der Waals surface area contributed by atoms with Crippen molar-refractivity contribution in [3.05, 3.63) is 29.3 Å². The van der Waals surface area contributed by atoms with Gasteiger partial charge >= 0.3 is 0 Å². The summed E-state index contributed by atoms with van der Waals surface area (Å²) in [4.78, 5) is 4.52. The third-order valence-corrected chi connectivity index (χ3v) is 3.91. The van der Waals surface area contributed by atoms with Gasteiger partial charge in [0.2, 0.25) is 0 Å². The zero-order chi connectivity index (χ0) is 16.6. The Hall–Kier alpha value is -0.820. The van der Waals surface area contributed by atoms with Crippen LogP contribution in [0.2, 0.25) is 0 Å². The number of nitrogens with one attached hydrogen (secondary N) is 1. The number of hydrogen-bond acceptors (Lipinski definition) is 2. The minimum absolute atomic E-state index is 0. The molecule has 0 saturated heterocycles. The van der Waals surface area contributed by atoms with E-state index in [9.17, 15) is 0 Å². The third-order valence-electron chi connectivity index (χ3n) is 3.91. The van der Waals surface area contributed by atoms with Crippen LogP contribution < -0.4 is 11.1 Å². The van der Waals surface area contributed by atoms with Crippen molar-refractivity contribution in [1.29, 1.82) is 0 Å². The van der Waals surface area contributed by atoms with Crippen LogP contribution in [-0.4, -0.2) is 26.2 Å². The van der Waals surface area contributed by atoms with E-state index in [2.05, 4.69) is 56.2 Å². The predicted octanol–water partition coefficient (Wildman–Crippen LogP) is 4.22. The molecule has 0 aromatic heterocycles. The van der Waals surface area contributed by atoms with Gasteiger partial charge in [0.25, 0.3) is 0 Å². The molecule has 0 bridgehead atoms. The number of aliphatic imine (C=N–C) groups is 1. The highest BCUT2D eigenvalue weighted by Gasteiger charge is 2.17. The lowest BCUT2D eigenvalue weighted by atomic mass is 9.90. The molecule has 4 nitrogen and oxygen atoms in total. The molecule has 0 aliphatic heterocycles. The van der Waals surface area contributed by atoms with Crippen LogP contribution in [0.4, 0.5) is 5.69 Å². The Kier molecular flexibility index (Phi) is 10.5. The van der Waals surface area contributed by atoms with Crippen molar-refractivity contribution in [2.45, 2.75) is 47.0 Å². The Morgan fingerprint density at radius 3 is 2.26 bits per heavy atom. The van der Waals surface area contributed by atoms with E-state index in [1.54, 1.807) is 7.11 Å². The summed E-state index contributed by atoms with van der Waals surface area (Å²) in [6.07, 6.45) is 2.91. The van der Waals surface area contributed by atoms with Crippen molar-refractivity contribution in [2.24, 2.45) is 16.1 Å². The molecule has 1 rings (SSSR count). The zero-order valence-electron chi connectivity index (χ0n) is 15.1. The number of methoxy groups -OCH3 is 1. The van der Waals surface area contributed by atoms with Crippen molar-refractivity contribution in [3.8, 4) is 0 Å². The van der Waals surface area contributed by atoms with Crippen molar-refractivity contribution >= 4 is 35.6 Å². The molecule has 0 aliphatic carbocycles. The smallest absolute Gasteiger partial charge is 0.193 e. The maximum Gasteiger partial charge on any atom is 0.193 e. The summed E-state index contributed by atoms with van der Waals surface area (Å²) in [7, 11) is 1.73. The number of anilines is 1. The van der Waals surface area contributed by atoms with Gasteiger partial charge in [0.15, 0.2) is 5.96 Å². The van der Waals surface area contributed by atoms with E-state index < -0.39 is 0 Å². The highest BCUT2D eigenvalue weighted by atomic mass is 127. The summed E-state index contributed by atoms with van der Waals surface area (Å²) < 4.78 is 5.15. The molecule has 0 unspecified atom stereocenters. The Bertz CT molecular complexity index is 479. The van der Waals surface area contributed by atoms with Crippen molar-refractivity contribution in [1.82, 2.24) is 0 Å². The SMILES string of the molecule is CCc1cccc(CC)c1NC(N)=NCC(C)(C)CCOC.I. The number of hydrogen-bond donors (Lipinski definition) is 2. The van der Waals surface area contributed by atoms with Gasteiger partial charge in [0.05, 0.1) is 0 Å². The maximum absolute atomic E-state index is 6.10. The van der Waals surface area contributed by atoms with Crippen LogP contribution in [0, 0.1) is 5.41 Å². The van der Waals surface area contributed by atoms with Gasteiger partial charge in [0.1, 0.15) is 0 Å². The summed E-state index contributed by atoms with van der Waals surface area (Å²) in [6, 6.07) is 6.37. The molecule has 0 amide bonds. The van der Waals surface area contributed by atoms with E-state index in [1.807, 2.05) is 0 Å². The number of para-hydroxylation sites is 1. The molecule has 0 spiro atoms. The summed E-state index contributed by atoms with van der Waals surface area (Å²) in [5.74, 6) is 0.487. The molecular formula is C18H32IN3O. The highest BCUT2D eigenvalue weighted by Crippen LogP contribution is 2.23. The van der Waals surface area contributed by atoms with Gasteiger partial charge in [0, 0.05) is 25.9 Å². The first-order valence-corrected chi connectivity index (χ1v) is 8.10. The van der Waals surface area contributed by atoms with E-state index in [4.69, 9.17) is 10.5 Å². The fourth-order valence-corrected chi connectivity index (χ4v) is 2.33. The van der Waals surface area contributed by atoms with Crippen LogP contribution in [0.15, 0.2) is 23.2 Å². The van der Waals surface area contributed by atoms with Gasteiger partial charge in [-0.05, 0) is 35.8 Å². The number of aryl methyl sites for hydroxylation is 2. The van der Waals surface area contributed by atoms with E-state index in [1.165, 1.54) is 11.1 Å². The Balaban J connectivity index is 0.00000484. The van der Waals surface area contributed by atoms with Crippen LogP contribution in [0.5, 0.6) is 0 Å². The molecule has 0 fully saturated rings. The molecular weight excluding hydrogens is 401 g/mol. The van der Waals surface area contributed by atoms with Gasteiger partial charge in [-0.2, -0.15) is 0 Å². The van der Waals surface area contributed by atoms with Crippen LogP contribution in [0.25, 0.3) is 0 Å². The lowest BCUT2D eigenvalue weighted by Gasteiger charge is -2.22. The molecule has 0 radical (unpaired) electrons. The van der Waals surface area contributed by atoms with Gasteiger partial charge < -0.3 is 15.8 Å². The number of halogens is 1. The van der Waals surface area contributed by atoms with Crippen LogP contribution in [0.3, 0.4) is 0 Å². The number of ether oxygens (including phenoxy) is 1. The molecule has 1 aromatic carbocycles.